The zero-order chi connectivity index (χ0) is 20.1. The first kappa shape index (κ1) is 19.2. The topological polar surface area (TPSA) is 87.2 Å². The summed E-state index contributed by atoms with van der Waals surface area (Å²) in [5.41, 5.74) is 2.43. The third-order valence-electron chi connectivity index (χ3n) is 4.63. The van der Waals surface area contributed by atoms with Crippen LogP contribution in [-0.4, -0.2) is 39.8 Å². The van der Waals surface area contributed by atoms with Gasteiger partial charge in [0.1, 0.15) is 5.69 Å². The van der Waals surface area contributed by atoms with Crippen molar-refractivity contribution in [3.63, 3.8) is 0 Å². The number of pyridine rings is 1. The minimum atomic E-state index is -0.270. The molecule has 148 valence electrons. The molecule has 0 atom stereocenters. The van der Waals surface area contributed by atoms with Crippen LogP contribution in [0.2, 0.25) is 0 Å². The highest BCUT2D eigenvalue weighted by Crippen LogP contribution is 2.28. The normalized spacial score (nSPS) is 13.5. The van der Waals surface area contributed by atoms with E-state index >= 15 is 0 Å². The number of thiazole rings is 1. The number of hydrogen-bond donors (Lipinski definition) is 2. The average molecular weight is 407 g/mol. The summed E-state index contributed by atoms with van der Waals surface area (Å²) in [6, 6.07) is 15.1. The van der Waals surface area contributed by atoms with Gasteiger partial charge in [-0.2, -0.15) is 0 Å². The van der Waals surface area contributed by atoms with Gasteiger partial charge in [0.05, 0.1) is 12.2 Å². The molecule has 2 amide bonds. The third-order valence-corrected chi connectivity index (χ3v) is 5.63. The SMILES string of the molecule is O=C(CN1CCc2nc(NC(=O)c3ccccn3)sc2C1)NCc1ccccc1. The Bertz CT molecular complexity index is 991. The van der Waals surface area contributed by atoms with Gasteiger partial charge in [-0.1, -0.05) is 36.4 Å². The second-order valence-corrected chi connectivity index (χ2v) is 7.86. The number of fused-ring (bicyclic) bond motifs is 1. The zero-order valence-electron chi connectivity index (χ0n) is 15.8. The van der Waals surface area contributed by atoms with Crippen molar-refractivity contribution in [3.05, 3.63) is 76.6 Å². The van der Waals surface area contributed by atoms with Gasteiger partial charge in [0.15, 0.2) is 5.13 Å². The van der Waals surface area contributed by atoms with Crippen LogP contribution in [0.3, 0.4) is 0 Å². The summed E-state index contributed by atoms with van der Waals surface area (Å²) in [5.74, 6) is -0.265. The molecule has 0 aliphatic carbocycles. The molecule has 2 N–H and O–H groups in total. The largest absolute Gasteiger partial charge is 0.351 e. The maximum atomic E-state index is 12.3. The molecule has 0 saturated heterocycles. The highest BCUT2D eigenvalue weighted by Gasteiger charge is 2.23. The van der Waals surface area contributed by atoms with Crippen molar-refractivity contribution in [3.8, 4) is 0 Å². The molecule has 4 rings (SSSR count). The molecule has 8 heteroatoms. The average Bonchev–Trinajstić information content (AvgIpc) is 3.15. The van der Waals surface area contributed by atoms with E-state index in [1.54, 1.807) is 24.4 Å². The number of benzene rings is 1. The van der Waals surface area contributed by atoms with Crippen LogP contribution in [0.25, 0.3) is 0 Å². The predicted octanol–water partition coefficient (Wildman–Crippen LogP) is 2.46. The number of hydrogen-bond acceptors (Lipinski definition) is 6. The number of rotatable bonds is 6. The molecule has 3 aromatic rings. The molecular formula is C21H21N5O2S. The maximum Gasteiger partial charge on any atom is 0.276 e. The van der Waals surface area contributed by atoms with E-state index in [-0.39, 0.29) is 11.8 Å². The molecular weight excluding hydrogens is 386 g/mol. The Morgan fingerprint density at radius 3 is 2.72 bits per heavy atom. The van der Waals surface area contributed by atoms with Crippen LogP contribution < -0.4 is 10.6 Å². The van der Waals surface area contributed by atoms with Crippen LogP contribution in [0, 0.1) is 0 Å². The van der Waals surface area contributed by atoms with E-state index in [9.17, 15) is 9.59 Å². The van der Waals surface area contributed by atoms with Gasteiger partial charge < -0.3 is 5.32 Å². The lowest BCUT2D eigenvalue weighted by molar-refractivity contribution is -0.122. The quantitative estimate of drug-likeness (QED) is 0.656. The van der Waals surface area contributed by atoms with Crippen LogP contribution in [0.4, 0.5) is 5.13 Å². The van der Waals surface area contributed by atoms with E-state index in [2.05, 4.69) is 25.5 Å². The van der Waals surface area contributed by atoms with Crippen LogP contribution in [0.1, 0.15) is 26.6 Å². The van der Waals surface area contributed by atoms with Gasteiger partial charge in [-0.15, -0.1) is 11.3 Å². The molecule has 1 aliphatic rings. The van der Waals surface area contributed by atoms with Gasteiger partial charge in [0.2, 0.25) is 5.91 Å². The molecule has 2 aromatic heterocycles. The summed E-state index contributed by atoms with van der Waals surface area (Å²) < 4.78 is 0. The Hall–Kier alpha value is -3.10. The molecule has 3 heterocycles. The number of amides is 2. The van der Waals surface area contributed by atoms with E-state index in [0.29, 0.717) is 30.5 Å². The molecule has 7 nitrogen and oxygen atoms in total. The van der Waals surface area contributed by atoms with Crippen LogP contribution in [-0.2, 0) is 24.3 Å². The first-order valence-corrected chi connectivity index (χ1v) is 10.2. The number of nitrogens with zero attached hydrogens (tertiary/aromatic N) is 3. The lowest BCUT2D eigenvalue weighted by atomic mass is 10.2. The van der Waals surface area contributed by atoms with Crippen molar-refractivity contribution >= 4 is 28.3 Å². The number of anilines is 1. The minimum absolute atomic E-state index is 0.00509. The number of carbonyl (C=O) groups is 2. The van der Waals surface area contributed by atoms with Crippen LogP contribution in [0.15, 0.2) is 54.7 Å². The molecule has 0 bridgehead atoms. The van der Waals surface area contributed by atoms with E-state index < -0.39 is 0 Å². The Labute approximate surface area is 172 Å². The van der Waals surface area contributed by atoms with Gasteiger partial charge in [-0.25, -0.2) is 4.98 Å². The van der Waals surface area contributed by atoms with Gasteiger partial charge >= 0.3 is 0 Å². The summed E-state index contributed by atoms with van der Waals surface area (Å²) >= 11 is 1.46. The molecule has 0 radical (unpaired) electrons. The van der Waals surface area contributed by atoms with Gasteiger partial charge in [-0.05, 0) is 17.7 Å². The Balaban J connectivity index is 1.30. The molecule has 1 aromatic carbocycles. The first-order valence-electron chi connectivity index (χ1n) is 9.41. The Morgan fingerprint density at radius 1 is 1.10 bits per heavy atom. The molecule has 0 unspecified atom stereocenters. The fourth-order valence-electron chi connectivity index (χ4n) is 3.15. The molecule has 1 aliphatic heterocycles. The van der Waals surface area contributed by atoms with Crippen molar-refractivity contribution in [1.82, 2.24) is 20.2 Å². The van der Waals surface area contributed by atoms with Crippen molar-refractivity contribution in [2.45, 2.75) is 19.5 Å². The van der Waals surface area contributed by atoms with Crippen molar-refractivity contribution in [1.29, 1.82) is 0 Å². The van der Waals surface area contributed by atoms with E-state index in [4.69, 9.17) is 0 Å². The summed E-state index contributed by atoms with van der Waals surface area (Å²) in [5, 5.41) is 6.35. The summed E-state index contributed by atoms with van der Waals surface area (Å²) in [4.78, 5) is 36.3. The smallest absolute Gasteiger partial charge is 0.276 e. The van der Waals surface area contributed by atoms with E-state index in [1.165, 1.54) is 11.3 Å². The lowest BCUT2D eigenvalue weighted by Crippen LogP contribution is -2.39. The minimum Gasteiger partial charge on any atom is -0.351 e. The fourth-order valence-corrected chi connectivity index (χ4v) is 4.20. The molecule has 0 spiro atoms. The number of carbonyl (C=O) groups excluding carboxylic acids is 2. The third kappa shape index (κ3) is 5.04. The summed E-state index contributed by atoms with van der Waals surface area (Å²) in [6.07, 6.45) is 2.35. The van der Waals surface area contributed by atoms with Crippen molar-refractivity contribution in [2.24, 2.45) is 0 Å². The summed E-state index contributed by atoms with van der Waals surface area (Å²) in [6.45, 7) is 2.30. The van der Waals surface area contributed by atoms with E-state index in [0.717, 1.165) is 29.1 Å². The first-order chi connectivity index (χ1) is 14.2. The summed E-state index contributed by atoms with van der Waals surface area (Å²) in [7, 11) is 0. The van der Waals surface area contributed by atoms with Gasteiger partial charge in [-0.3, -0.25) is 24.8 Å². The predicted molar refractivity (Wildman–Crippen MR) is 112 cm³/mol. The molecule has 0 fully saturated rings. The second kappa shape index (κ2) is 8.93. The number of nitrogens with one attached hydrogen (secondary N) is 2. The Morgan fingerprint density at radius 2 is 1.93 bits per heavy atom. The zero-order valence-corrected chi connectivity index (χ0v) is 16.6. The highest BCUT2D eigenvalue weighted by molar-refractivity contribution is 7.15. The highest BCUT2D eigenvalue weighted by atomic mass is 32.1. The molecule has 29 heavy (non-hydrogen) atoms. The van der Waals surface area contributed by atoms with Crippen molar-refractivity contribution in [2.75, 3.05) is 18.4 Å². The van der Waals surface area contributed by atoms with E-state index in [1.807, 2.05) is 30.3 Å². The van der Waals surface area contributed by atoms with Gasteiger partial charge in [0.25, 0.3) is 5.91 Å². The lowest BCUT2D eigenvalue weighted by Gasteiger charge is -2.25. The van der Waals surface area contributed by atoms with Crippen LogP contribution in [0.5, 0.6) is 0 Å². The fraction of sp³-hybridized carbons (Fsp3) is 0.238. The van der Waals surface area contributed by atoms with Crippen molar-refractivity contribution < 1.29 is 9.59 Å². The number of aromatic nitrogens is 2. The second-order valence-electron chi connectivity index (χ2n) is 6.78. The molecule has 0 saturated carbocycles. The monoisotopic (exact) mass is 407 g/mol. The maximum absolute atomic E-state index is 12.3. The van der Waals surface area contributed by atoms with Gasteiger partial charge in [0, 0.05) is 37.1 Å². The van der Waals surface area contributed by atoms with Crippen LogP contribution >= 0.6 is 11.3 Å². The standard InChI is InChI=1S/C21H21N5O2S/c27-19(23-12-15-6-2-1-3-7-15)14-26-11-9-16-18(13-26)29-21(24-16)25-20(28)17-8-4-5-10-22-17/h1-8,10H,9,11-14H2,(H,23,27)(H,24,25,28). The Kier molecular flexibility index (Phi) is 5.92.